The van der Waals surface area contributed by atoms with Gasteiger partial charge in [0.2, 0.25) is 5.91 Å². The van der Waals surface area contributed by atoms with E-state index in [1.807, 2.05) is 18.0 Å². The number of hydrogen-bond donors (Lipinski definition) is 0. The smallest absolute Gasteiger partial charge is 0.241 e. The number of aromatic nitrogens is 2. The van der Waals surface area contributed by atoms with Crippen LogP contribution < -0.4 is 4.90 Å². The number of nitrogens with zero attached hydrogens (tertiary/aromatic N) is 4. The van der Waals surface area contributed by atoms with E-state index in [0.29, 0.717) is 6.54 Å². The predicted octanol–water partition coefficient (Wildman–Crippen LogP) is 1.86. The molecule has 1 saturated heterocycles. The van der Waals surface area contributed by atoms with Crippen LogP contribution in [0.5, 0.6) is 0 Å². The Labute approximate surface area is 122 Å². The molecule has 6 heteroatoms. The van der Waals surface area contributed by atoms with Crippen molar-refractivity contribution in [3.05, 3.63) is 16.5 Å². The van der Waals surface area contributed by atoms with Gasteiger partial charge in [-0.15, -0.1) is 0 Å². The summed E-state index contributed by atoms with van der Waals surface area (Å²) in [6, 6.07) is 1.89. The van der Waals surface area contributed by atoms with Crippen molar-refractivity contribution in [1.29, 1.82) is 0 Å². The van der Waals surface area contributed by atoms with E-state index in [2.05, 4.69) is 32.8 Å². The van der Waals surface area contributed by atoms with Crippen LogP contribution in [-0.4, -0.2) is 47.5 Å². The Morgan fingerprint density at radius 3 is 2.89 bits per heavy atom. The predicted molar refractivity (Wildman–Crippen MR) is 78.2 cm³/mol. The molecular weight excluding hydrogens is 308 g/mol. The highest BCUT2D eigenvalue weighted by Crippen LogP contribution is 2.19. The summed E-state index contributed by atoms with van der Waals surface area (Å²) in [4.78, 5) is 24.7. The minimum atomic E-state index is 0.143. The van der Waals surface area contributed by atoms with Gasteiger partial charge in [0.15, 0.2) is 0 Å². The van der Waals surface area contributed by atoms with Gasteiger partial charge in [0.1, 0.15) is 16.2 Å². The summed E-state index contributed by atoms with van der Waals surface area (Å²) in [7, 11) is 1.85. The summed E-state index contributed by atoms with van der Waals surface area (Å²) in [5.74, 6) is 1.81. The number of carbonyl (C=O) groups is 1. The van der Waals surface area contributed by atoms with E-state index in [4.69, 9.17) is 0 Å². The van der Waals surface area contributed by atoms with Crippen LogP contribution in [0.15, 0.2) is 10.7 Å². The number of anilines is 1. The zero-order chi connectivity index (χ0) is 13.8. The van der Waals surface area contributed by atoms with Gasteiger partial charge in [-0.05, 0) is 28.8 Å². The fraction of sp³-hybridized carbons (Fsp3) is 0.615. The highest BCUT2D eigenvalue weighted by Gasteiger charge is 2.20. The largest absolute Gasteiger partial charge is 0.347 e. The second-order valence-electron chi connectivity index (χ2n) is 4.81. The van der Waals surface area contributed by atoms with Crippen LogP contribution >= 0.6 is 15.9 Å². The molecule has 1 aliphatic rings. The van der Waals surface area contributed by atoms with E-state index in [-0.39, 0.29) is 5.91 Å². The maximum absolute atomic E-state index is 11.9. The van der Waals surface area contributed by atoms with E-state index in [1.54, 1.807) is 4.90 Å². The molecule has 0 aliphatic carbocycles. The molecule has 0 bridgehead atoms. The second kappa shape index (κ2) is 6.32. The van der Waals surface area contributed by atoms with Crippen LogP contribution in [0.25, 0.3) is 0 Å². The van der Waals surface area contributed by atoms with Crippen molar-refractivity contribution in [3.63, 3.8) is 0 Å². The van der Waals surface area contributed by atoms with Gasteiger partial charge in [-0.3, -0.25) is 4.79 Å². The average Bonchev–Trinajstić information content (AvgIpc) is 2.52. The zero-order valence-corrected chi connectivity index (χ0v) is 13.0. The quantitative estimate of drug-likeness (QED) is 0.795. The fourth-order valence-corrected chi connectivity index (χ4v) is 2.54. The maximum Gasteiger partial charge on any atom is 0.241 e. The van der Waals surface area contributed by atoms with Gasteiger partial charge in [0, 0.05) is 32.6 Å². The lowest BCUT2D eigenvalue weighted by molar-refractivity contribution is -0.127. The Morgan fingerprint density at radius 1 is 1.37 bits per heavy atom. The first-order valence-corrected chi connectivity index (χ1v) is 7.42. The molecule has 0 saturated carbocycles. The van der Waals surface area contributed by atoms with E-state index in [9.17, 15) is 4.79 Å². The molecule has 0 atom stereocenters. The van der Waals surface area contributed by atoms with Gasteiger partial charge >= 0.3 is 0 Å². The molecule has 1 aromatic heterocycles. The van der Waals surface area contributed by atoms with Gasteiger partial charge < -0.3 is 9.80 Å². The number of hydrogen-bond acceptors (Lipinski definition) is 4. The Bertz CT molecular complexity index is 466. The molecule has 2 rings (SSSR count). The van der Waals surface area contributed by atoms with Gasteiger partial charge in [-0.2, -0.15) is 0 Å². The van der Waals surface area contributed by atoms with Crippen LogP contribution in [0.4, 0.5) is 5.82 Å². The Balaban J connectivity index is 2.22. The molecule has 5 nitrogen and oxygen atoms in total. The molecule has 0 spiro atoms. The summed E-state index contributed by atoms with van der Waals surface area (Å²) in [6.45, 7) is 4.16. The molecule has 0 N–H and O–H groups in total. The molecule has 0 unspecified atom stereocenters. The van der Waals surface area contributed by atoms with Gasteiger partial charge in [0.05, 0.1) is 6.54 Å². The SMILES string of the molecule is CCCc1nc(Br)cc(N2CCCN(C)C(=O)C2)n1. The third-order valence-electron chi connectivity index (χ3n) is 3.20. The highest BCUT2D eigenvalue weighted by molar-refractivity contribution is 9.10. The first-order valence-electron chi connectivity index (χ1n) is 6.62. The molecule has 1 fully saturated rings. The van der Waals surface area contributed by atoms with Crippen molar-refractivity contribution in [2.24, 2.45) is 0 Å². The number of aryl methyl sites for hydroxylation is 1. The first kappa shape index (κ1) is 14.2. The van der Waals surface area contributed by atoms with Crippen molar-refractivity contribution in [1.82, 2.24) is 14.9 Å². The topological polar surface area (TPSA) is 49.3 Å². The van der Waals surface area contributed by atoms with Gasteiger partial charge in [-0.1, -0.05) is 6.92 Å². The lowest BCUT2D eigenvalue weighted by atomic mass is 10.3. The molecule has 0 radical (unpaired) electrons. The molecule has 104 valence electrons. The molecule has 1 amide bonds. The summed E-state index contributed by atoms with van der Waals surface area (Å²) in [6.07, 6.45) is 2.83. The molecule has 19 heavy (non-hydrogen) atoms. The normalized spacial score (nSPS) is 16.7. The highest BCUT2D eigenvalue weighted by atomic mass is 79.9. The van der Waals surface area contributed by atoms with Crippen LogP contribution in [0.2, 0.25) is 0 Å². The number of likely N-dealkylation sites (N-methyl/N-ethyl adjacent to an activating group) is 1. The molecule has 1 aliphatic heterocycles. The van der Waals surface area contributed by atoms with Gasteiger partial charge in [0.25, 0.3) is 0 Å². The molecule has 2 heterocycles. The summed E-state index contributed by atoms with van der Waals surface area (Å²) in [5.41, 5.74) is 0. The molecule has 0 aromatic carbocycles. The number of amides is 1. The lowest BCUT2D eigenvalue weighted by Gasteiger charge is -2.21. The van der Waals surface area contributed by atoms with Gasteiger partial charge in [-0.25, -0.2) is 9.97 Å². The fourth-order valence-electron chi connectivity index (χ4n) is 2.13. The van der Waals surface area contributed by atoms with E-state index >= 15 is 0 Å². The Hall–Kier alpha value is -1.17. The maximum atomic E-state index is 11.9. The van der Waals surface area contributed by atoms with E-state index < -0.39 is 0 Å². The lowest BCUT2D eigenvalue weighted by Crippen LogP contribution is -2.34. The minimum absolute atomic E-state index is 0.143. The Kier molecular flexibility index (Phi) is 4.74. The number of rotatable bonds is 3. The van der Waals surface area contributed by atoms with Crippen molar-refractivity contribution < 1.29 is 4.79 Å². The molecule has 1 aromatic rings. The third kappa shape index (κ3) is 3.65. The summed E-state index contributed by atoms with van der Waals surface area (Å²) >= 11 is 3.42. The average molecular weight is 327 g/mol. The zero-order valence-electron chi connectivity index (χ0n) is 11.4. The summed E-state index contributed by atoms with van der Waals surface area (Å²) in [5, 5.41) is 0. The number of carbonyl (C=O) groups excluding carboxylic acids is 1. The standard InChI is InChI=1S/C13H19BrN4O/c1-3-5-11-15-10(14)8-12(16-11)18-7-4-6-17(2)13(19)9-18/h8H,3-7,9H2,1-2H3. The first-order chi connectivity index (χ1) is 9.10. The number of halogens is 1. The monoisotopic (exact) mass is 326 g/mol. The summed E-state index contributed by atoms with van der Waals surface area (Å²) < 4.78 is 0.783. The van der Waals surface area contributed by atoms with Crippen LogP contribution in [0.1, 0.15) is 25.6 Å². The van der Waals surface area contributed by atoms with E-state index in [0.717, 1.165) is 48.6 Å². The van der Waals surface area contributed by atoms with Crippen LogP contribution in [0.3, 0.4) is 0 Å². The van der Waals surface area contributed by atoms with Crippen molar-refractivity contribution in [3.8, 4) is 0 Å². The third-order valence-corrected chi connectivity index (χ3v) is 3.60. The van der Waals surface area contributed by atoms with Crippen molar-refractivity contribution >= 4 is 27.7 Å². The van der Waals surface area contributed by atoms with Crippen LogP contribution in [0, 0.1) is 0 Å². The Morgan fingerprint density at radius 2 is 2.16 bits per heavy atom. The molecular formula is C13H19BrN4O. The van der Waals surface area contributed by atoms with Crippen molar-refractivity contribution in [2.45, 2.75) is 26.2 Å². The minimum Gasteiger partial charge on any atom is -0.347 e. The van der Waals surface area contributed by atoms with Crippen LogP contribution in [-0.2, 0) is 11.2 Å². The van der Waals surface area contributed by atoms with E-state index in [1.165, 1.54) is 0 Å². The second-order valence-corrected chi connectivity index (χ2v) is 5.62. The van der Waals surface area contributed by atoms with Crippen molar-refractivity contribution in [2.75, 3.05) is 31.6 Å².